The van der Waals surface area contributed by atoms with E-state index in [0.717, 1.165) is 36.5 Å². The van der Waals surface area contributed by atoms with Crippen LogP contribution in [0.3, 0.4) is 0 Å². The molecule has 0 atom stereocenters. The predicted octanol–water partition coefficient (Wildman–Crippen LogP) is 3.71. The third kappa shape index (κ3) is 3.50. The number of esters is 1. The van der Waals surface area contributed by atoms with Crippen LogP contribution in [0, 0.1) is 5.92 Å². The zero-order chi connectivity index (χ0) is 12.3. The van der Waals surface area contributed by atoms with Crippen molar-refractivity contribution in [1.82, 2.24) is 0 Å². The minimum Gasteiger partial charge on any atom is -0.459 e. The molecule has 0 spiro atoms. The van der Waals surface area contributed by atoms with E-state index in [1.54, 1.807) is 12.1 Å². The summed E-state index contributed by atoms with van der Waals surface area (Å²) in [7, 11) is 0. The first-order valence-corrected chi connectivity index (χ1v) is 6.60. The summed E-state index contributed by atoms with van der Waals surface area (Å²) in [6.07, 6.45) is 4.42. The largest absolute Gasteiger partial charge is 0.459 e. The third-order valence-corrected chi connectivity index (χ3v) is 3.64. The van der Waals surface area contributed by atoms with E-state index in [1.807, 2.05) is 12.1 Å². The van der Waals surface area contributed by atoms with Crippen LogP contribution in [0.4, 0.5) is 0 Å². The first-order valence-electron chi connectivity index (χ1n) is 6.15. The van der Waals surface area contributed by atoms with Crippen molar-refractivity contribution in [1.29, 1.82) is 0 Å². The van der Waals surface area contributed by atoms with Crippen molar-refractivity contribution < 1.29 is 9.53 Å². The zero-order valence-corrected chi connectivity index (χ0v) is 11.0. The Labute approximate surface area is 108 Å². The van der Waals surface area contributed by atoms with Crippen LogP contribution in [-0.2, 0) is 4.74 Å². The molecule has 2 nitrogen and oxygen atoms in total. The van der Waals surface area contributed by atoms with Gasteiger partial charge in [0.05, 0.1) is 5.56 Å². The van der Waals surface area contributed by atoms with Crippen LogP contribution in [0.25, 0.3) is 0 Å². The predicted molar refractivity (Wildman–Crippen MR) is 70.5 cm³/mol. The highest BCUT2D eigenvalue weighted by Crippen LogP contribution is 2.26. The summed E-state index contributed by atoms with van der Waals surface area (Å²) in [5.41, 5.74) is 0.612. The van der Waals surface area contributed by atoms with E-state index in [0.29, 0.717) is 5.56 Å². The van der Waals surface area contributed by atoms with E-state index >= 15 is 0 Å². The van der Waals surface area contributed by atoms with E-state index < -0.39 is 0 Å². The van der Waals surface area contributed by atoms with Gasteiger partial charge in [0.1, 0.15) is 6.10 Å². The lowest BCUT2D eigenvalue weighted by atomic mass is 9.89. The van der Waals surface area contributed by atoms with Gasteiger partial charge in [-0.25, -0.2) is 4.79 Å². The quantitative estimate of drug-likeness (QED) is 0.639. The molecule has 0 aliphatic heterocycles. The summed E-state index contributed by atoms with van der Waals surface area (Å²) in [4.78, 5) is 12.7. The molecule has 17 heavy (non-hydrogen) atoms. The first-order chi connectivity index (χ1) is 8.15. The van der Waals surface area contributed by atoms with Crippen molar-refractivity contribution in [3.05, 3.63) is 29.8 Å². The Kier molecular flexibility index (Phi) is 4.11. The van der Waals surface area contributed by atoms with Crippen LogP contribution in [0.2, 0.25) is 0 Å². The molecule has 1 aliphatic rings. The molecule has 0 saturated heterocycles. The molecular weight excluding hydrogens is 232 g/mol. The number of carbonyl (C=O) groups is 1. The number of ether oxygens (including phenoxy) is 1. The fourth-order valence-electron chi connectivity index (χ4n) is 2.16. The molecule has 92 valence electrons. The van der Waals surface area contributed by atoms with Crippen molar-refractivity contribution >= 4 is 18.6 Å². The average molecular weight is 250 g/mol. The molecule has 1 aromatic rings. The van der Waals surface area contributed by atoms with Crippen molar-refractivity contribution in [2.75, 3.05) is 0 Å². The molecule has 1 fully saturated rings. The summed E-state index contributed by atoms with van der Waals surface area (Å²) in [6, 6.07) is 7.14. The SMILES string of the molecule is CC1CCC(OC(=O)c2ccc(S)cc2)CC1. The van der Waals surface area contributed by atoms with Crippen LogP contribution in [-0.4, -0.2) is 12.1 Å². The van der Waals surface area contributed by atoms with E-state index in [1.165, 1.54) is 0 Å². The topological polar surface area (TPSA) is 26.3 Å². The lowest BCUT2D eigenvalue weighted by Crippen LogP contribution is -2.23. The molecule has 3 heteroatoms. The van der Waals surface area contributed by atoms with Crippen LogP contribution in [0.15, 0.2) is 29.2 Å². The number of carbonyl (C=O) groups excluding carboxylic acids is 1. The molecule has 1 saturated carbocycles. The zero-order valence-electron chi connectivity index (χ0n) is 10.1. The van der Waals surface area contributed by atoms with Crippen molar-refractivity contribution in [3.63, 3.8) is 0 Å². The lowest BCUT2D eigenvalue weighted by molar-refractivity contribution is 0.0174. The van der Waals surface area contributed by atoms with Gasteiger partial charge in [0, 0.05) is 4.90 Å². The van der Waals surface area contributed by atoms with Crippen LogP contribution >= 0.6 is 12.6 Å². The van der Waals surface area contributed by atoms with E-state index in [9.17, 15) is 4.79 Å². The standard InChI is InChI=1S/C14H18O2S/c1-10-2-6-12(7-3-10)16-14(15)11-4-8-13(17)9-5-11/h4-5,8-10,12,17H,2-3,6-7H2,1H3. The summed E-state index contributed by atoms with van der Waals surface area (Å²) in [5, 5.41) is 0. The Morgan fingerprint density at radius 3 is 2.35 bits per heavy atom. The smallest absolute Gasteiger partial charge is 0.338 e. The van der Waals surface area contributed by atoms with Crippen molar-refractivity contribution in [2.24, 2.45) is 5.92 Å². The Bertz CT molecular complexity index is 378. The van der Waals surface area contributed by atoms with Crippen LogP contribution < -0.4 is 0 Å². The maximum atomic E-state index is 11.9. The van der Waals surface area contributed by atoms with Gasteiger partial charge >= 0.3 is 5.97 Å². The molecule has 0 aromatic heterocycles. The van der Waals surface area contributed by atoms with Crippen LogP contribution in [0.1, 0.15) is 43.0 Å². The second-order valence-electron chi connectivity index (χ2n) is 4.83. The van der Waals surface area contributed by atoms with E-state index in [2.05, 4.69) is 19.6 Å². The fraction of sp³-hybridized carbons (Fsp3) is 0.500. The summed E-state index contributed by atoms with van der Waals surface area (Å²) < 4.78 is 5.50. The van der Waals surface area contributed by atoms with Gasteiger partial charge in [-0.1, -0.05) is 6.92 Å². The maximum absolute atomic E-state index is 11.9. The molecule has 0 heterocycles. The monoisotopic (exact) mass is 250 g/mol. The Hall–Kier alpha value is -0.960. The molecule has 0 unspecified atom stereocenters. The maximum Gasteiger partial charge on any atom is 0.338 e. The van der Waals surface area contributed by atoms with Gasteiger partial charge < -0.3 is 4.74 Å². The van der Waals surface area contributed by atoms with Gasteiger partial charge in [0.2, 0.25) is 0 Å². The highest BCUT2D eigenvalue weighted by atomic mass is 32.1. The number of hydrogen-bond donors (Lipinski definition) is 1. The summed E-state index contributed by atoms with van der Waals surface area (Å²) in [6.45, 7) is 2.25. The normalized spacial score (nSPS) is 24.4. The van der Waals surface area contributed by atoms with Gasteiger partial charge in [-0.2, -0.15) is 0 Å². The Morgan fingerprint density at radius 2 is 1.76 bits per heavy atom. The number of thiol groups is 1. The van der Waals surface area contributed by atoms with Gasteiger partial charge in [-0.15, -0.1) is 12.6 Å². The second kappa shape index (κ2) is 5.58. The molecule has 2 rings (SSSR count). The molecular formula is C14H18O2S. The molecule has 0 amide bonds. The van der Waals surface area contributed by atoms with Gasteiger partial charge in [-0.05, 0) is 55.9 Å². The van der Waals surface area contributed by atoms with Crippen molar-refractivity contribution in [3.8, 4) is 0 Å². The molecule has 1 aromatic carbocycles. The molecule has 0 radical (unpaired) electrons. The van der Waals surface area contributed by atoms with E-state index in [4.69, 9.17) is 4.74 Å². The number of rotatable bonds is 2. The lowest BCUT2D eigenvalue weighted by Gasteiger charge is -2.25. The second-order valence-corrected chi connectivity index (χ2v) is 5.35. The number of hydrogen-bond acceptors (Lipinski definition) is 3. The summed E-state index contributed by atoms with van der Waals surface area (Å²) >= 11 is 4.19. The third-order valence-electron chi connectivity index (χ3n) is 3.34. The Morgan fingerprint density at radius 1 is 1.18 bits per heavy atom. The highest BCUT2D eigenvalue weighted by molar-refractivity contribution is 7.80. The summed E-state index contributed by atoms with van der Waals surface area (Å²) in [5.74, 6) is 0.561. The van der Waals surface area contributed by atoms with Gasteiger partial charge in [0.15, 0.2) is 0 Å². The van der Waals surface area contributed by atoms with E-state index in [-0.39, 0.29) is 12.1 Å². The molecule has 1 aliphatic carbocycles. The fourth-order valence-corrected chi connectivity index (χ4v) is 2.31. The van der Waals surface area contributed by atoms with Gasteiger partial charge in [-0.3, -0.25) is 0 Å². The minimum absolute atomic E-state index is 0.106. The number of benzene rings is 1. The highest BCUT2D eigenvalue weighted by Gasteiger charge is 2.21. The minimum atomic E-state index is -0.210. The average Bonchev–Trinajstić information content (AvgIpc) is 2.33. The Balaban J connectivity index is 1.91. The molecule has 0 N–H and O–H groups in total. The van der Waals surface area contributed by atoms with Gasteiger partial charge in [0.25, 0.3) is 0 Å². The van der Waals surface area contributed by atoms with Crippen LogP contribution in [0.5, 0.6) is 0 Å². The molecule has 0 bridgehead atoms. The van der Waals surface area contributed by atoms with Crippen molar-refractivity contribution in [2.45, 2.75) is 43.6 Å². The first kappa shape index (κ1) is 12.5.